The summed E-state index contributed by atoms with van der Waals surface area (Å²) in [4.78, 5) is 13.3. The van der Waals surface area contributed by atoms with Crippen LogP contribution in [0.15, 0.2) is 22.7 Å². The Hall–Kier alpha value is -1.10. The first-order valence-corrected chi connectivity index (χ1v) is 5.84. The molecule has 1 unspecified atom stereocenters. The van der Waals surface area contributed by atoms with Crippen LogP contribution in [0.3, 0.4) is 0 Å². The van der Waals surface area contributed by atoms with E-state index in [1.807, 2.05) is 0 Å². The number of carbonyl (C=O) groups is 1. The van der Waals surface area contributed by atoms with Crippen molar-refractivity contribution in [3.05, 3.63) is 28.5 Å². The highest BCUT2D eigenvalue weighted by Crippen LogP contribution is 2.22. The zero-order valence-electron chi connectivity index (χ0n) is 8.84. The Labute approximate surface area is 102 Å². The van der Waals surface area contributed by atoms with Gasteiger partial charge in [-0.15, -0.1) is 0 Å². The standard InChI is InChI=1S/C11H12BrFN2O/c1-15-5-4-10(11(15)16)14-9-3-2-7(12)6-8(9)13/h2-3,6,10,14H,4-5H2,1H3. The average Bonchev–Trinajstić information content (AvgIpc) is 2.54. The maximum absolute atomic E-state index is 13.5. The molecule has 1 heterocycles. The normalized spacial score (nSPS) is 20.3. The molecule has 1 N–H and O–H groups in total. The molecule has 3 nitrogen and oxygen atoms in total. The van der Waals surface area contributed by atoms with E-state index in [0.717, 1.165) is 0 Å². The van der Waals surface area contributed by atoms with Crippen molar-refractivity contribution < 1.29 is 9.18 Å². The SMILES string of the molecule is CN1CCC(Nc2ccc(Br)cc2F)C1=O. The number of halogens is 2. The van der Waals surface area contributed by atoms with Gasteiger partial charge in [0, 0.05) is 18.1 Å². The Morgan fingerprint density at radius 2 is 2.31 bits per heavy atom. The smallest absolute Gasteiger partial charge is 0.244 e. The second-order valence-electron chi connectivity index (χ2n) is 3.87. The van der Waals surface area contributed by atoms with Crippen LogP contribution in [0.25, 0.3) is 0 Å². The summed E-state index contributed by atoms with van der Waals surface area (Å²) in [6.07, 6.45) is 0.713. The molecule has 1 aliphatic heterocycles. The van der Waals surface area contributed by atoms with Gasteiger partial charge in [0.1, 0.15) is 11.9 Å². The van der Waals surface area contributed by atoms with Gasteiger partial charge in [-0.25, -0.2) is 4.39 Å². The zero-order valence-corrected chi connectivity index (χ0v) is 10.4. The van der Waals surface area contributed by atoms with Crippen LogP contribution >= 0.6 is 15.9 Å². The fraction of sp³-hybridized carbons (Fsp3) is 0.364. The van der Waals surface area contributed by atoms with E-state index in [1.54, 1.807) is 24.1 Å². The van der Waals surface area contributed by atoms with Gasteiger partial charge in [-0.2, -0.15) is 0 Å². The summed E-state index contributed by atoms with van der Waals surface area (Å²) in [7, 11) is 1.75. The van der Waals surface area contributed by atoms with Crippen LogP contribution in [0.5, 0.6) is 0 Å². The lowest BCUT2D eigenvalue weighted by molar-refractivity contribution is -0.127. The van der Waals surface area contributed by atoms with Crippen molar-refractivity contribution >= 4 is 27.5 Å². The number of hydrogen-bond donors (Lipinski definition) is 1. The predicted molar refractivity (Wildman–Crippen MR) is 63.8 cm³/mol. The van der Waals surface area contributed by atoms with Crippen LogP contribution in [0, 0.1) is 5.82 Å². The van der Waals surface area contributed by atoms with Crippen LogP contribution in [0.2, 0.25) is 0 Å². The third-order valence-electron chi connectivity index (χ3n) is 2.69. The first kappa shape index (κ1) is 11.4. The van der Waals surface area contributed by atoms with Crippen molar-refractivity contribution in [1.82, 2.24) is 4.90 Å². The number of carbonyl (C=O) groups excluding carboxylic acids is 1. The number of likely N-dealkylation sites (N-methyl/N-ethyl adjacent to an activating group) is 1. The van der Waals surface area contributed by atoms with E-state index < -0.39 is 0 Å². The van der Waals surface area contributed by atoms with Gasteiger partial charge >= 0.3 is 0 Å². The van der Waals surface area contributed by atoms with Crippen molar-refractivity contribution in [3.8, 4) is 0 Å². The molecule has 0 bridgehead atoms. The fourth-order valence-electron chi connectivity index (χ4n) is 1.75. The maximum atomic E-state index is 13.5. The summed E-state index contributed by atoms with van der Waals surface area (Å²) in [5, 5.41) is 2.93. The second kappa shape index (κ2) is 4.41. The van der Waals surface area contributed by atoms with Crippen molar-refractivity contribution in [2.75, 3.05) is 18.9 Å². The lowest BCUT2D eigenvalue weighted by atomic mass is 10.2. The van der Waals surface area contributed by atoms with Crippen LogP contribution in [0.4, 0.5) is 10.1 Å². The Morgan fingerprint density at radius 3 is 2.88 bits per heavy atom. The molecule has 1 atom stereocenters. The van der Waals surface area contributed by atoms with Gasteiger partial charge in [-0.3, -0.25) is 4.79 Å². The minimum Gasteiger partial charge on any atom is -0.371 e. The number of amides is 1. The lowest BCUT2D eigenvalue weighted by Crippen LogP contribution is -2.31. The second-order valence-corrected chi connectivity index (χ2v) is 4.79. The number of hydrogen-bond acceptors (Lipinski definition) is 2. The molecule has 0 spiro atoms. The molecule has 1 fully saturated rings. The van der Waals surface area contributed by atoms with E-state index in [9.17, 15) is 9.18 Å². The van der Waals surface area contributed by atoms with Crippen molar-refractivity contribution in [2.45, 2.75) is 12.5 Å². The van der Waals surface area contributed by atoms with Gasteiger partial charge in [0.05, 0.1) is 5.69 Å². The van der Waals surface area contributed by atoms with Crippen LogP contribution in [-0.4, -0.2) is 30.4 Å². The molecular weight excluding hydrogens is 275 g/mol. The molecule has 1 aliphatic rings. The Balaban J connectivity index is 2.12. The molecule has 0 saturated carbocycles. The minimum absolute atomic E-state index is 0.0160. The molecule has 16 heavy (non-hydrogen) atoms. The molecule has 5 heteroatoms. The van der Waals surface area contributed by atoms with Crippen molar-refractivity contribution in [3.63, 3.8) is 0 Å². The maximum Gasteiger partial charge on any atom is 0.244 e. The number of likely N-dealkylation sites (tertiary alicyclic amines) is 1. The van der Waals surface area contributed by atoms with Crippen LogP contribution in [0.1, 0.15) is 6.42 Å². The van der Waals surface area contributed by atoms with E-state index in [0.29, 0.717) is 23.1 Å². The van der Waals surface area contributed by atoms with E-state index >= 15 is 0 Å². The van der Waals surface area contributed by atoms with Crippen molar-refractivity contribution in [2.24, 2.45) is 0 Å². The Morgan fingerprint density at radius 1 is 1.56 bits per heavy atom. The minimum atomic E-state index is -0.350. The van der Waals surface area contributed by atoms with Gasteiger partial charge < -0.3 is 10.2 Å². The highest BCUT2D eigenvalue weighted by Gasteiger charge is 2.29. The Bertz CT molecular complexity index is 424. The summed E-state index contributed by atoms with van der Waals surface area (Å²) < 4.78 is 14.2. The summed E-state index contributed by atoms with van der Waals surface area (Å²) in [6, 6.07) is 4.45. The molecule has 0 radical (unpaired) electrons. The van der Waals surface area contributed by atoms with Crippen LogP contribution in [-0.2, 0) is 4.79 Å². The molecule has 1 aromatic carbocycles. The highest BCUT2D eigenvalue weighted by atomic mass is 79.9. The largest absolute Gasteiger partial charge is 0.371 e. The summed E-state index contributed by atoms with van der Waals surface area (Å²) in [5.41, 5.74) is 0.372. The van der Waals surface area contributed by atoms with Gasteiger partial charge in [-0.05, 0) is 24.6 Å². The number of nitrogens with one attached hydrogen (secondary N) is 1. The molecule has 0 aromatic heterocycles. The predicted octanol–water partition coefficient (Wildman–Crippen LogP) is 2.23. The third kappa shape index (κ3) is 2.19. The summed E-state index contributed by atoms with van der Waals surface area (Å²) in [5.74, 6) is -0.334. The monoisotopic (exact) mass is 286 g/mol. The van der Waals surface area contributed by atoms with Gasteiger partial charge in [0.15, 0.2) is 0 Å². The number of anilines is 1. The molecule has 1 aromatic rings. The first-order valence-electron chi connectivity index (χ1n) is 5.04. The fourth-order valence-corrected chi connectivity index (χ4v) is 2.08. The zero-order chi connectivity index (χ0) is 11.7. The third-order valence-corrected chi connectivity index (χ3v) is 3.18. The van der Waals surface area contributed by atoms with Crippen LogP contribution < -0.4 is 5.32 Å². The van der Waals surface area contributed by atoms with Crippen molar-refractivity contribution in [1.29, 1.82) is 0 Å². The quantitative estimate of drug-likeness (QED) is 0.904. The number of nitrogens with zero attached hydrogens (tertiary/aromatic N) is 1. The summed E-state index contributed by atoms with van der Waals surface area (Å²) in [6.45, 7) is 0.717. The van der Waals surface area contributed by atoms with E-state index in [1.165, 1.54) is 6.07 Å². The van der Waals surface area contributed by atoms with E-state index in [2.05, 4.69) is 21.2 Å². The Kier molecular flexibility index (Phi) is 3.14. The molecule has 0 aliphatic carbocycles. The molecular formula is C11H12BrFN2O. The molecule has 1 amide bonds. The molecule has 2 rings (SSSR count). The molecule has 86 valence electrons. The lowest BCUT2D eigenvalue weighted by Gasteiger charge is -2.14. The van der Waals surface area contributed by atoms with E-state index in [4.69, 9.17) is 0 Å². The van der Waals surface area contributed by atoms with Gasteiger partial charge in [0.2, 0.25) is 5.91 Å². The van der Waals surface area contributed by atoms with Gasteiger partial charge in [-0.1, -0.05) is 15.9 Å². The van der Waals surface area contributed by atoms with E-state index in [-0.39, 0.29) is 17.8 Å². The number of benzene rings is 1. The summed E-state index contributed by atoms with van der Waals surface area (Å²) >= 11 is 3.19. The topological polar surface area (TPSA) is 32.3 Å². The van der Waals surface area contributed by atoms with Gasteiger partial charge in [0.25, 0.3) is 0 Å². The first-order chi connectivity index (χ1) is 7.58. The average molecular weight is 287 g/mol. The number of rotatable bonds is 2. The molecule has 1 saturated heterocycles. The highest BCUT2D eigenvalue weighted by molar-refractivity contribution is 9.10.